The number of carbonyl (C=O) groups is 1. The van der Waals surface area contributed by atoms with Crippen molar-refractivity contribution in [1.82, 2.24) is 0 Å². The molecule has 142 valence electrons. The largest absolute Gasteiger partial charge is 0.465 e. The Hall–Kier alpha value is -2.18. The van der Waals surface area contributed by atoms with Crippen LogP contribution in [0.4, 0.5) is 8.78 Å². The lowest BCUT2D eigenvalue weighted by atomic mass is 9.85. The van der Waals surface area contributed by atoms with E-state index in [2.05, 4.69) is 9.89 Å². The van der Waals surface area contributed by atoms with Crippen LogP contribution in [0.15, 0.2) is 41.6 Å². The highest BCUT2D eigenvalue weighted by Crippen LogP contribution is 2.48. The Labute approximate surface area is 164 Å². The second-order valence-electron chi connectivity index (χ2n) is 6.32. The number of oxime groups is 1. The summed E-state index contributed by atoms with van der Waals surface area (Å²) in [6, 6.07) is 8.42. The van der Waals surface area contributed by atoms with E-state index in [1.54, 1.807) is 6.92 Å². The number of nitrogens with zero attached hydrogens (tertiary/aromatic N) is 1. The molecule has 1 aliphatic heterocycles. The molecule has 0 saturated heterocycles. The zero-order valence-electron chi connectivity index (χ0n) is 14.6. The van der Waals surface area contributed by atoms with Crippen LogP contribution < -0.4 is 0 Å². The lowest BCUT2D eigenvalue weighted by Crippen LogP contribution is -2.45. The molecule has 0 fully saturated rings. The quantitative estimate of drug-likeness (QED) is 0.635. The molecule has 0 saturated carbocycles. The molecule has 1 heterocycles. The van der Waals surface area contributed by atoms with Crippen LogP contribution in [-0.4, -0.2) is 24.7 Å². The van der Waals surface area contributed by atoms with Gasteiger partial charge >= 0.3 is 11.9 Å². The van der Waals surface area contributed by atoms with Crippen molar-refractivity contribution in [1.29, 1.82) is 0 Å². The maximum absolute atomic E-state index is 15.3. The number of hydrogen-bond acceptors (Lipinski definition) is 4. The Morgan fingerprint density at radius 3 is 2.33 bits per heavy atom. The topological polar surface area (TPSA) is 47.9 Å². The van der Waals surface area contributed by atoms with E-state index in [0.29, 0.717) is 5.56 Å². The standard InChI is InChI=1S/C19H15Cl2F2NO3/c1-10-6-11(4-5-15(10)17(25)26-3)16-19(22,23)18(2,27-24-16)12-7-13(20)9-14(21)8-12/h4-9H,1-3H3. The minimum absolute atomic E-state index is 0.103. The van der Waals surface area contributed by atoms with Gasteiger partial charge in [-0.3, -0.25) is 0 Å². The average molecular weight is 414 g/mol. The lowest BCUT2D eigenvalue weighted by Gasteiger charge is -2.29. The third kappa shape index (κ3) is 3.17. The van der Waals surface area contributed by atoms with Gasteiger partial charge in [0, 0.05) is 21.2 Å². The predicted molar refractivity (Wildman–Crippen MR) is 98.9 cm³/mol. The van der Waals surface area contributed by atoms with Crippen LogP contribution in [0, 0.1) is 6.92 Å². The van der Waals surface area contributed by atoms with Gasteiger partial charge in [-0.2, -0.15) is 8.78 Å². The van der Waals surface area contributed by atoms with E-state index in [4.69, 9.17) is 28.0 Å². The smallest absolute Gasteiger partial charge is 0.338 e. The van der Waals surface area contributed by atoms with Crippen molar-refractivity contribution in [3.8, 4) is 0 Å². The third-order valence-corrected chi connectivity index (χ3v) is 4.97. The van der Waals surface area contributed by atoms with Crippen molar-refractivity contribution in [2.75, 3.05) is 7.11 Å². The third-order valence-electron chi connectivity index (χ3n) is 4.53. The Morgan fingerprint density at radius 2 is 1.78 bits per heavy atom. The van der Waals surface area contributed by atoms with Crippen molar-refractivity contribution in [2.45, 2.75) is 25.4 Å². The SMILES string of the molecule is COC(=O)c1ccc(C2=NOC(C)(c3cc(Cl)cc(Cl)c3)C2(F)F)cc1C. The van der Waals surface area contributed by atoms with Crippen molar-refractivity contribution < 1.29 is 23.1 Å². The normalized spacial score (nSPS) is 20.8. The maximum Gasteiger partial charge on any atom is 0.338 e. The van der Waals surface area contributed by atoms with Crippen LogP contribution >= 0.6 is 23.2 Å². The molecule has 27 heavy (non-hydrogen) atoms. The molecule has 4 nitrogen and oxygen atoms in total. The van der Waals surface area contributed by atoms with Crippen LogP contribution in [0.3, 0.4) is 0 Å². The Kier molecular flexibility index (Phi) is 4.91. The van der Waals surface area contributed by atoms with Gasteiger partial charge in [-0.1, -0.05) is 34.4 Å². The minimum Gasteiger partial charge on any atom is -0.465 e. The molecule has 8 heteroatoms. The van der Waals surface area contributed by atoms with Gasteiger partial charge in [-0.25, -0.2) is 4.79 Å². The number of rotatable bonds is 3. The first-order valence-corrected chi connectivity index (χ1v) is 8.66. The zero-order valence-corrected chi connectivity index (χ0v) is 16.2. The summed E-state index contributed by atoms with van der Waals surface area (Å²) in [5, 5.41) is 4.07. The number of carbonyl (C=O) groups excluding carboxylic acids is 1. The summed E-state index contributed by atoms with van der Waals surface area (Å²) in [7, 11) is 1.25. The van der Waals surface area contributed by atoms with Gasteiger partial charge in [0.1, 0.15) is 0 Å². The molecule has 0 aromatic heterocycles. The molecule has 3 rings (SSSR count). The number of benzene rings is 2. The van der Waals surface area contributed by atoms with Crippen LogP contribution in [0.2, 0.25) is 10.0 Å². The summed E-state index contributed by atoms with van der Waals surface area (Å²) >= 11 is 11.9. The van der Waals surface area contributed by atoms with E-state index in [0.717, 1.165) is 0 Å². The fourth-order valence-corrected chi connectivity index (χ4v) is 3.45. The maximum atomic E-state index is 15.3. The number of methoxy groups -OCH3 is 1. The van der Waals surface area contributed by atoms with Crippen LogP contribution in [0.1, 0.15) is 34.0 Å². The second-order valence-corrected chi connectivity index (χ2v) is 7.19. The zero-order chi connectivity index (χ0) is 20.0. The summed E-state index contributed by atoms with van der Waals surface area (Å²) in [5.74, 6) is -4.02. The summed E-state index contributed by atoms with van der Waals surface area (Å²) in [5.41, 5.74) is -1.61. The van der Waals surface area contributed by atoms with Gasteiger partial charge in [0.25, 0.3) is 0 Å². The molecule has 1 aliphatic rings. The Balaban J connectivity index is 2.02. The molecular formula is C19H15Cl2F2NO3. The fraction of sp³-hybridized carbons (Fsp3) is 0.263. The van der Waals surface area contributed by atoms with E-state index in [-0.39, 0.29) is 26.7 Å². The van der Waals surface area contributed by atoms with Crippen LogP contribution in [0.5, 0.6) is 0 Å². The summed E-state index contributed by atoms with van der Waals surface area (Å²) in [4.78, 5) is 16.9. The van der Waals surface area contributed by atoms with Gasteiger partial charge in [-0.05, 0) is 49.7 Å². The molecule has 0 spiro atoms. The van der Waals surface area contributed by atoms with Crippen molar-refractivity contribution in [3.05, 3.63) is 68.7 Å². The highest BCUT2D eigenvalue weighted by atomic mass is 35.5. The number of aryl methyl sites for hydroxylation is 1. The van der Waals surface area contributed by atoms with Crippen molar-refractivity contribution in [2.24, 2.45) is 5.16 Å². The van der Waals surface area contributed by atoms with Crippen LogP contribution in [-0.2, 0) is 15.2 Å². The number of ether oxygens (including phenoxy) is 1. The van der Waals surface area contributed by atoms with Crippen molar-refractivity contribution >= 4 is 34.9 Å². The van der Waals surface area contributed by atoms with E-state index < -0.39 is 23.2 Å². The summed E-state index contributed by atoms with van der Waals surface area (Å²) in [6.07, 6.45) is 0. The first kappa shape index (κ1) is 19.6. The molecule has 0 radical (unpaired) electrons. The molecular weight excluding hydrogens is 399 g/mol. The van der Waals surface area contributed by atoms with Crippen molar-refractivity contribution in [3.63, 3.8) is 0 Å². The molecule has 0 amide bonds. The first-order chi connectivity index (χ1) is 12.6. The fourth-order valence-electron chi connectivity index (χ4n) is 2.92. The van der Waals surface area contributed by atoms with Gasteiger partial charge < -0.3 is 9.57 Å². The number of hydrogen-bond donors (Lipinski definition) is 0. The number of alkyl halides is 2. The summed E-state index contributed by atoms with van der Waals surface area (Å²) in [6.45, 7) is 2.85. The van der Waals surface area contributed by atoms with Crippen LogP contribution in [0.25, 0.3) is 0 Å². The van der Waals surface area contributed by atoms with E-state index in [1.807, 2.05) is 0 Å². The van der Waals surface area contributed by atoms with E-state index >= 15 is 8.78 Å². The molecule has 0 bridgehead atoms. The monoisotopic (exact) mass is 413 g/mol. The molecule has 0 aliphatic carbocycles. The Morgan fingerprint density at radius 1 is 1.15 bits per heavy atom. The predicted octanol–water partition coefficient (Wildman–Crippen LogP) is 5.37. The molecule has 1 atom stereocenters. The van der Waals surface area contributed by atoms with E-state index in [9.17, 15) is 4.79 Å². The van der Waals surface area contributed by atoms with Gasteiger partial charge in [0.05, 0.1) is 12.7 Å². The molecule has 2 aromatic rings. The summed E-state index contributed by atoms with van der Waals surface area (Å²) < 4.78 is 35.3. The minimum atomic E-state index is -3.47. The second kappa shape index (κ2) is 6.77. The van der Waals surface area contributed by atoms with Gasteiger partial charge in [-0.15, -0.1) is 0 Å². The number of halogens is 4. The first-order valence-electron chi connectivity index (χ1n) is 7.90. The van der Waals surface area contributed by atoms with E-state index in [1.165, 1.54) is 50.4 Å². The molecule has 1 unspecified atom stereocenters. The average Bonchev–Trinajstić information content (AvgIpc) is 2.84. The highest BCUT2D eigenvalue weighted by Gasteiger charge is 2.62. The highest BCUT2D eigenvalue weighted by molar-refractivity contribution is 6.34. The number of esters is 1. The van der Waals surface area contributed by atoms with Gasteiger partial charge in [0.2, 0.25) is 5.60 Å². The van der Waals surface area contributed by atoms with Gasteiger partial charge in [0.15, 0.2) is 5.71 Å². The molecule has 0 N–H and O–H groups in total. The Bertz CT molecular complexity index is 942. The molecule has 2 aromatic carbocycles. The lowest BCUT2D eigenvalue weighted by molar-refractivity contribution is -0.142.